The van der Waals surface area contributed by atoms with E-state index in [-0.39, 0.29) is 12.2 Å². The summed E-state index contributed by atoms with van der Waals surface area (Å²) in [5.41, 5.74) is -0.273. The molecule has 0 amide bonds. The summed E-state index contributed by atoms with van der Waals surface area (Å²) < 4.78 is 37.4. The molecule has 0 atom stereocenters. The molecular weight excluding hydrogens is 338 g/mol. The van der Waals surface area contributed by atoms with E-state index in [0.29, 0.717) is 10.8 Å². The van der Waals surface area contributed by atoms with Gasteiger partial charge in [-0.3, -0.25) is 4.57 Å². The van der Waals surface area contributed by atoms with E-state index in [9.17, 15) is 4.57 Å². The van der Waals surface area contributed by atoms with Crippen LogP contribution < -0.4 is 10.8 Å². The lowest BCUT2D eigenvalue weighted by Gasteiger charge is -2.32. The minimum absolute atomic E-state index is 0.240. The first-order chi connectivity index (χ1) is 11.4. The van der Waals surface area contributed by atoms with Crippen molar-refractivity contribution in [2.75, 3.05) is 0 Å². The third-order valence-electron chi connectivity index (χ3n) is 4.44. The Hall–Kier alpha value is -0.645. The number of rotatable bonds is 6. The maximum absolute atomic E-state index is 13.6. The van der Waals surface area contributed by atoms with Crippen molar-refractivity contribution < 1.29 is 22.9 Å². The predicted molar refractivity (Wildman–Crippen MR) is 102 cm³/mol. The van der Waals surface area contributed by atoms with Crippen LogP contribution in [-0.2, 0) is 22.9 Å². The first-order valence-corrected chi connectivity index (χ1v) is 10.3. The second-order valence-electron chi connectivity index (χ2n) is 7.95. The minimum Gasteiger partial charge on any atom is -0.399 e. The summed E-state index contributed by atoms with van der Waals surface area (Å²) in [6.07, 6.45) is -0.480. The van der Waals surface area contributed by atoms with Crippen LogP contribution in [0.3, 0.4) is 0 Å². The molecule has 5 nitrogen and oxygen atoms in total. The maximum atomic E-state index is 13.6. The lowest BCUT2D eigenvalue weighted by Crippen LogP contribution is -2.44. The van der Waals surface area contributed by atoms with E-state index in [1.54, 1.807) is 6.07 Å². The van der Waals surface area contributed by atoms with Crippen molar-refractivity contribution in [2.45, 2.75) is 78.8 Å². The van der Waals surface area contributed by atoms with Gasteiger partial charge in [0.05, 0.1) is 28.7 Å². The monoisotopic (exact) mass is 368 g/mol. The van der Waals surface area contributed by atoms with Crippen LogP contribution >= 0.6 is 7.60 Å². The fourth-order valence-corrected chi connectivity index (χ4v) is 4.75. The summed E-state index contributed by atoms with van der Waals surface area (Å²) in [5, 5.41) is 0.496. The summed E-state index contributed by atoms with van der Waals surface area (Å²) in [4.78, 5) is 0. The molecule has 0 aliphatic carbocycles. The van der Waals surface area contributed by atoms with Crippen LogP contribution in [0.1, 0.15) is 55.4 Å². The maximum Gasteiger partial charge on any atom is 0.495 e. The normalized spacial score (nSPS) is 19.8. The van der Waals surface area contributed by atoms with E-state index < -0.39 is 25.9 Å². The zero-order valence-electron chi connectivity index (χ0n) is 16.5. The second kappa shape index (κ2) is 7.17. The highest BCUT2D eigenvalue weighted by Crippen LogP contribution is 2.49. The molecule has 1 aliphatic heterocycles. The van der Waals surface area contributed by atoms with Crippen molar-refractivity contribution in [3.8, 4) is 0 Å². The molecule has 1 aromatic carbocycles. The molecular formula is C18H30BO5P. The van der Waals surface area contributed by atoms with Crippen LogP contribution in [0, 0.1) is 0 Å². The summed E-state index contributed by atoms with van der Waals surface area (Å²) in [7, 11) is -4.14. The summed E-state index contributed by atoms with van der Waals surface area (Å²) in [5.74, 6) is 0. The zero-order valence-corrected chi connectivity index (χ0v) is 17.4. The number of hydrogen-bond acceptors (Lipinski definition) is 5. The van der Waals surface area contributed by atoms with Crippen LogP contribution in [0.2, 0.25) is 0 Å². The second-order valence-corrected chi connectivity index (χ2v) is 9.85. The molecule has 2 rings (SSSR count). The highest BCUT2D eigenvalue weighted by Gasteiger charge is 2.53. The SMILES string of the molecule is CC(C)OP(=O)(OC(C)C)c1ccccc1B1OC(C)(C)C(C)(C)O1. The van der Waals surface area contributed by atoms with Crippen molar-refractivity contribution in [1.29, 1.82) is 0 Å². The van der Waals surface area contributed by atoms with Crippen molar-refractivity contribution in [1.82, 2.24) is 0 Å². The van der Waals surface area contributed by atoms with Gasteiger partial charge in [-0.05, 0) is 66.9 Å². The van der Waals surface area contributed by atoms with E-state index in [1.807, 2.05) is 73.6 Å². The van der Waals surface area contributed by atoms with Gasteiger partial charge in [-0.25, -0.2) is 0 Å². The Kier molecular flexibility index (Phi) is 5.92. The molecule has 0 N–H and O–H groups in total. The summed E-state index contributed by atoms with van der Waals surface area (Å²) >= 11 is 0. The van der Waals surface area contributed by atoms with Gasteiger partial charge in [0.2, 0.25) is 0 Å². The fraction of sp³-hybridized carbons (Fsp3) is 0.667. The van der Waals surface area contributed by atoms with Crippen LogP contribution in [0.25, 0.3) is 0 Å². The quantitative estimate of drug-likeness (QED) is 0.567. The van der Waals surface area contributed by atoms with E-state index in [1.165, 1.54) is 0 Å². The molecule has 0 bridgehead atoms. The van der Waals surface area contributed by atoms with Gasteiger partial charge in [0.25, 0.3) is 0 Å². The Morgan fingerprint density at radius 3 is 1.80 bits per heavy atom. The molecule has 7 heteroatoms. The van der Waals surface area contributed by atoms with Crippen molar-refractivity contribution in [2.24, 2.45) is 0 Å². The highest BCUT2D eigenvalue weighted by molar-refractivity contribution is 7.62. The molecule has 0 saturated carbocycles. The first kappa shape index (κ1) is 20.7. The van der Waals surface area contributed by atoms with E-state index in [4.69, 9.17) is 18.4 Å². The van der Waals surface area contributed by atoms with Gasteiger partial charge < -0.3 is 18.4 Å². The molecule has 1 saturated heterocycles. The first-order valence-electron chi connectivity index (χ1n) is 8.80. The smallest absolute Gasteiger partial charge is 0.399 e. The average molecular weight is 368 g/mol. The predicted octanol–water partition coefficient (Wildman–Crippen LogP) is 3.65. The van der Waals surface area contributed by atoms with Gasteiger partial charge in [-0.1, -0.05) is 18.2 Å². The molecule has 1 fully saturated rings. The molecule has 0 unspecified atom stereocenters. The van der Waals surface area contributed by atoms with E-state index in [0.717, 1.165) is 0 Å². The van der Waals surface area contributed by atoms with Gasteiger partial charge in [-0.2, -0.15) is 0 Å². The van der Waals surface area contributed by atoms with Crippen LogP contribution in [0.5, 0.6) is 0 Å². The van der Waals surface area contributed by atoms with Gasteiger partial charge in [0, 0.05) is 0 Å². The lowest BCUT2D eigenvalue weighted by atomic mass is 9.79. The topological polar surface area (TPSA) is 54.0 Å². The number of benzene rings is 1. The minimum atomic E-state index is -3.52. The number of hydrogen-bond donors (Lipinski definition) is 0. The molecule has 0 spiro atoms. The Morgan fingerprint density at radius 2 is 1.36 bits per heavy atom. The van der Waals surface area contributed by atoms with Gasteiger partial charge in [-0.15, -0.1) is 0 Å². The molecule has 1 heterocycles. The van der Waals surface area contributed by atoms with E-state index >= 15 is 0 Å². The van der Waals surface area contributed by atoms with Gasteiger partial charge in [0.1, 0.15) is 0 Å². The Labute approximate surface area is 152 Å². The van der Waals surface area contributed by atoms with Crippen molar-refractivity contribution in [3.63, 3.8) is 0 Å². The third-order valence-corrected chi connectivity index (χ3v) is 6.83. The Balaban J connectivity index is 2.48. The van der Waals surface area contributed by atoms with Gasteiger partial charge >= 0.3 is 14.7 Å². The fourth-order valence-electron chi connectivity index (χ4n) is 2.60. The molecule has 1 aromatic rings. The summed E-state index contributed by atoms with van der Waals surface area (Å²) in [6, 6.07) is 7.33. The zero-order chi connectivity index (χ0) is 19.0. The van der Waals surface area contributed by atoms with Gasteiger partial charge in [0.15, 0.2) is 0 Å². The largest absolute Gasteiger partial charge is 0.495 e. The summed E-state index contributed by atoms with van der Waals surface area (Å²) in [6.45, 7) is 15.3. The van der Waals surface area contributed by atoms with Crippen molar-refractivity contribution >= 4 is 25.5 Å². The molecule has 140 valence electrons. The lowest BCUT2D eigenvalue weighted by molar-refractivity contribution is 0.00578. The van der Waals surface area contributed by atoms with E-state index in [2.05, 4.69) is 0 Å². The van der Waals surface area contributed by atoms with Crippen LogP contribution in [-0.4, -0.2) is 30.5 Å². The Morgan fingerprint density at radius 1 is 0.920 bits per heavy atom. The molecule has 0 radical (unpaired) electrons. The third kappa shape index (κ3) is 4.37. The Bertz CT molecular complexity index is 627. The van der Waals surface area contributed by atoms with Crippen molar-refractivity contribution in [3.05, 3.63) is 24.3 Å². The van der Waals surface area contributed by atoms with Crippen LogP contribution in [0.4, 0.5) is 0 Å². The standard InChI is InChI=1S/C18H30BO5P/c1-13(2)21-25(20,22-14(3)4)16-12-10-9-11-15(16)19-23-17(5,6)18(7,8)24-19/h9-14H,1-8H3. The van der Waals surface area contributed by atoms with Crippen LogP contribution in [0.15, 0.2) is 24.3 Å². The molecule has 0 aromatic heterocycles. The average Bonchev–Trinajstić information content (AvgIpc) is 2.65. The highest BCUT2D eigenvalue weighted by atomic mass is 31.2. The molecule has 25 heavy (non-hydrogen) atoms. The molecule has 1 aliphatic rings.